The highest BCUT2D eigenvalue weighted by Crippen LogP contribution is 2.12. The van der Waals surface area contributed by atoms with Gasteiger partial charge in [-0.3, -0.25) is 0 Å². The zero-order valence-corrected chi connectivity index (χ0v) is 16.3. The summed E-state index contributed by atoms with van der Waals surface area (Å²) in [5.41, 5.74) is 0.286. The first-order valence-corrected chi connectivity index (χ1v) is 9.17. The molecule has 1 rings (SSSR count). The van der Waals surface area contributed by atoms with Crippen LogP contribution < -0.4 is 5.32 Å². The van der Waals surface area contributed by atoms with Crippen LogP contribution in [0, 0.1) is 0 Å². The van der Waals surface area contributed by atoms with E-state index in [4.69, 9.17) is 9.47 Å². The molecule has 0 spiro atoms. The molecule has 0 aliphatic heterocycles. The molecule has 0 saturated carbocycles. The van der Waals surface area contributed by atoms with Crippen LogP contribution in [0.2, 0.25) is 0 Å². The van der Waals surface area contributed by atoms with Crippen LogP contribution >= 0.6 is 0 Å². The SMILES string of the molecule is CC/C=C/CCC[C@H](NC(=O)OCc1ccccc1)C(=O)OC(C)(C)C. The zero-order valence-electron chi connectivity index (χ0n) is 16.3. The van der Waals surface area contributed by atoms with E-state index in [0.29, 0.717) is 6.42 Å². The standard InChI is InChI=1S/C21H31NO4/c1-5-6-7-8-12-15-18(19(23)26-21(2,3)4)22-20(24)25-16-17-13-10-9-11-14-17/h6-7,9-11,13-14,18H,5,8,12,15-16H2,1-4H3,(H,22,24)/b7-6+/t18-/m0/s1. The molecule has 0 aliphatic carbocycles. The maximum absolute atomic E-state index is 12.4. The van der Waals surface area contributed by atoms with E-state index >= 15 is 0 Å². The normalized spacial score (nSPS) is 12.6. The van der Waals surface area contributed by atoms with E-state index in [-0.39, 0.29) is 6.61 Å². The predicted molar refractivity (Wildman–Crippen MR) is 103 cm³/mol. The Hall–Kier alpha value is -2.30. The van der Waals surface area contributed by atoms with Gasteiger partial charge in [-0.25, -0.2) is 9.59 Å². The first kappa shape index (κ1) is 21.7. The third-order valence-electron chi connectivity index (χ3n) is 3.46. The van der Waals surface area contributed by atoms with Gasteiger partial charge in [-0.05, 0) is 52.0 Å². The summed E-state index contributed by atoms with van der Waals surface area (Å²) < 4.78 is 10.6. The van der Waals surface area contributed by atoms with Gasteiger partial charge in [0.1, 0.15) is 18.2 Å². The third-order valence-corrected chi connectivity index (χ3v) is 3.46. The van der Waals surface area contributed by atoms with Crippen LogP contribution in [-0.2, 0) is 20.9 Å². The van der Waals surface area contributed by atoms with E-state index in [1.54, 1.807) is 20.8 Å². The quantitative estimate of drug-likeness (QED) is 0.391. The van der Waals surface area contributed by atoms with Crippen LogP contribution in [0.1, 0.15) is 58.9 Å². The second-order valence-electron chi connectivity index (χ2n) is 7.10. The van der Waals surface area contributed by atoms with Crippen LogP contribution in [0.3, 0.4) is 0 Å². The molecule has 0 bridgehead atoms. The molecule has 1 aromatic carbocycles. The Labute approximate surface area is 156 Å². The lowest BCUT2D eigenvalue weighted by atomic mass is 10.1. The van der Waals surface area contributed by atoms with Crippen LogP contribution in [-0.4, -0.2) is 23.7 Å². The highest BCUT2D eigenvalue weighted by atomic mass is 16.6. The number of unbranched alkanes of at least 4 members (excludes halogenated alkanes) is 1. The van der Waals surface area contributed by atoms with Crippen molar-refractivity contribution in [2.75, 3.05) is 0 Å². The van der Waals surface area contributed by atoms with Gasteiger partial charge < -0.3 is 14.8 Å². The molecule has 1 aromatic rings. The van der Waals surface area contributed by atoms with E-state index in [1.807, 2.05) is 30.3 Å². The average Bonchev–Trinajstić information content (AvgIpc) is 2.58. The zero-order chi connectivity index (χ0) is 19.4. The van der Waals surface area contributed by atoms with Crippen molar-refractivity contribution in [1.29, 1.82) is 0 Å². The molecule has 0 aromatic heterocycles. The van der Waals surface area contributed by atoms with Crippen LogP contribution in [0.25, 0.3) is 0 Å². The Morgan fingerprint density at radius 1 is 1.15 bits per heavy atom. The third kappa shape index (κ3) is 9.87. The van der Waals surface area contributed by atoms with Crippen LogP contribution in [0.15, 0.2) is 42.5 Å². The number of rotatable bonds is 9. The minimum atomic E-state index is -0.715. The van der Waals surface area contributed by atoms with Gasteiger partial charge in [0.25, 0.3) is 0 Å². The number of allylic oxidation sites excluding steroid dienone is 2. The van der Waals surface area contributed by atoms with Crippen molar-refractivity contribution in [3.05, 3.63) is 48.0 Å². The number of esters is 1. The number of carbonyl (C=O) groups is 2. The molecular weight excluding hydrogens is 330 g/mol. The highest BCUT2D eigenvalue weighted by molar-refractivity contribution is 5.81. The minimum Gasteiger partial charge on any atom is -0.458 e. The molecule has 1 amide bonds. The highest BCUT2D eigenvalue weighted by Gasteiger charge is 2.26. The summed E-state index contributed by atoms with van der Waals surface area (Å²) in [5, 5.41) is 2.64. The molecule has 0 aliphatic rings. The summed E-state index contributed by atoms with van der Waals surface area (Å²) >= 11 is 0. The molecule has 0 heterocycles. The first-order valence-electron chi connectivity index (χ1n) is 9.17. The van der Waals surface area contributed by atoms with Crippen LogP contribution in [0.4, 0.5) is 4.79 Å². The molecule has 0 unspecified atom stereocenters. The largest absolute Gasteiger partial charge is 0.458 e. The Kier molecular flexibility index (Phi) is 9.48. The molecule has 1 N–H and O–H groups in total. The lowest BCUT2D eigenvalue weighted by Gasteiger charge is -2.24. The fourth-order valence-electron chi connectivity index (χ4n) is 2.25. The maximum atomic E-state index is 12.4. The number of ether oxygens (including phenoxy) is 2. The summed E-state index contributed by atoms with van der Waals surface area (Å²) in [5.74, 6) is -0.436. The Morgan fingerprint density at radius 3 is 2.46 bits per heavy atom. The van der Waals surface area contributed by atoms with E-state index in [2.05, 4.69) is 24.4 Å². The van der Waals surface area contributed by atoms with Gasteiger partial charge >= 0.3 is 12.1 Å². The lowest BCUT2D eigenvalue weighted by Crippen LogP contribution is -2.44. The molecule has 0 saturated heterocycles. The number of alkyl carbamates (subject to hydrolysis) is 1. The number of hydrogen-bond acceptors (Lipinski definition) is 4. The molecule has 0 fully saturated rings. The van der Waals surface area contributed by atoms with Gasteiger partial charge in [0.05, 0.1) is 0 Å². The number of amides is 1. The van der Waals surface area contributed by atoms with Crippen molar-refractivity contribution in [2.45, 2.75) is 71.6 Å². The average molecular weight is 361 g/mol. The topological polar surface area (TPSA) is 64.6 Å². The monoisotopic (exact) mass is 361 g/mol. The summed E-state index contributed by atoms with van der Waals surface area (Å²) in [4.78, 5) is 24.5. The molecule has 144 valence electrons. The fraction of sp³-hybridized carbons (Fsp3) is 0.524. The Balaban J connectivity index is 2.57. The second-order valence-corrected chi connectivity index (χ2v) is 7.10. The summed E-state index contributed by atoms with van der Waals surface area (Å²) in [6.07, 6.45) is 6.67. The smallest absolute Gasteiger partial charge is 0.408 e. The Bertz CT molecular complexity index is 575. The van der Waals surface area contributed by atoms with Crippen molar-refractivity contribution in [3.8, 4) is 0 Å². The number of benzene rings is 1. The summed E-state index contributed by atoms with van der Waals surface area (Å²) in [6.45, 7) is 7.65. The van der Waals surface area contributed by atoms with Gasteiger partial charge in [-0.15, -0.1) is 0 Å². The van der Waals surface area contributed by atoms with E-state index in [0.717, 1.165) is 24.8 Å². The maximum Gasteiger partial charge on any atom is 0.408 e. The van der Waals surface area contributed by atoms with E-state index < -0.39 is 23.7 Å². The molecule has 26 heavy (non-hydrogen) atoms. The van der Waals surface area contributed by atoms with Crippen LogP contribution in [0.5, 0.6) is 0 Å². The lowest BCUT2D eigenvalue weighted by molar-refractivity contribution is -0.157. The number of nitrogens with one attached hydrogen (secondary N) is 1. The van der Waals surface area contributed by atoms with Gasteiger partial charge in [-0.2, -0.15) is 0 Å². The van der Waals surface area contributed by atoms with Crippen molar-refractivity contribution >= 4 is 12.1 Å². The predicted octanol–water partition coefficient (Wildman–Crippen LogP) is 4.76. The Morgan fingerprint density at radius 2 is 1.85 bits per heavy atom. The van der Waals surface area contributed by atoms with Crippen molar-refractivity contribution < 1.29 is 19.1 Å². The van der Waals surface area contributed by atoms with Crippen molar-refractivity contribution in [3.63, 3.8) is 0 Å². The summed E-state index contributed by atoms with van der Waals surface area (Å²) in [6, 6.07) is 8.69. The molecular formula is C21H31NO4. The van der Waals surface area contributed by atoms with Gasteiger partial charge in [-0.1, -0.05) is 49.4 Å². The summed E-state index contributed by atoms with van der Waals surface area (Å²) in [7, 11) is 0. The number of carbonyl (C=O) groups excluding carboxylic acids is 2. The fourth-order valence-corrected chi connectivity index (χ4v) is 2.25. The van der Waals surface area contributed by atoms with Gasteiger partial charge in [0.2, 0.25) is 0 Å². The van der Waals surface area contributed by atoms with E-state index in [1.165, 1.54) is 0 Å². The molecule has 0 radical (unpaired) electrons. The second kappa shape index (κ2) is 11.3. The van der Waals surface area contributed by atoms with Crippen molar-refractivity contribution in [1.82, 2.24) is 5.32 Å². The van der Waals surface area contributed by atoms with Gasteiger partial charge in [0.15, 0.2) is 0 Å². The minimum absolute atomic E-state index is 0.160. The van der Waals surface area contributed by atoms with Gasteiger partial charge in [0, 0.05) is 0 Å². The first-order chi connectivity index (χ1) is 12.3. The molecule has 5 heteroatoms. The number of hydrogen-bond donors (Lipinski definition) is 1. The van der Waals surface area contributed by atoms with Crippen molar-refractivity contribution in [2.24, 2.45) is 0 Å². The molecule has 5 nitrogen and oxygen atoms in total. The van der Waals surface area contributed by atoms with E-state index in [9.17, 15) is 9.59 Å². The molecule has 1 atom stereocenters.